The zero-order valence-corrected chi connectivity index (χ0v) is 18.5. The highest BCUT2D eigenvalue weighted by Crippen LogP contribution is 2.23. The van der Waals surface area contributed by atoms with Gasteiger partial charge >= 0.3 is 6.09 Å². The van der Waals surface area contributed by atoms with Crippen LogP contribution in [0.2, 0.25) is 0 Å². The zero-order chi connectivity index (χ0) is 21.8. The van der Waals surface area contributed by atoms with Gasteiger partial charge in [0, 0.05) is 30.8 Å². The SMILES string of the molecule is CCc1nn(C[C@H](C)NC(=O)O)c(CC)c1Cc1ccc(N(C)S(C)(=O)=O)cc1. The van der Waals surface area contributed by atoms with Crippen LogP contribution < -0.4 is 9.62 Å². The molecule has 160 valence electrons. The van der Waals surface area contributed by atoms with Crippen molar-refractivity contribution < 1.29 is 18.3 Å². The molecule has 0 saturated carbocycles. The van der Waals surface area contributed by atoms with Crippen molar-refractivity contribution in [1.29, 1.82) is 0 Å². The van der Waals surface area contributed by atoms with E-state index in [-0.39, 0.29) is 6.04 Å². The van der Waals surface area contributed by atoms with E-state index in [1.807, 2.05) is 23.7 Å². The number of carboxylic acid groups (broad SMARTS) is 1. The molecular weight excluding hydrogens is 392 g/mol. The number of carbonyl (C=O) groups is 1. The number of anilines is 1. The van der Waals surface area contributed by atoms with Crippen LogP contribution in [0.3, 0.4) is 0 Å². The number of benzene rings is 1. The molecule has 1 heterocycles. The monoisotopic (exact) mass is 422 g/mol. The number of nitrogens with one attached hydrogen (secondary N) is 1. The molecule has 0 radical (unpaired) electrons. The minimum absolute atomic E-state index is 0.249. The predicted molar refractivity (Wildman–Crippen MR) is 114 cm³/mol. The highest BCUT2D eigenvalue weighted by Gasteiger charge is 2.18. The van der Waals surface area contributed by atoms with E-state index in [1.54, 1.807) is 12.1 Å². The summed E-state index contributed by atoms with van der Waals surface area (Å²) >= 11 is 0. The summed E-state index contributed by atoms with van der Waals surface area (Å²) in [5.41, 5.74) is 4.94. The summed E-state index contributed by atoms with van der Waals surface area (Å²) in [6.45, 7) is 6.41. The minimum atomic E-state index is -3.29. The van der Waals surface area contributed by atoms with E-state index < -0.39 is 16.1 Å². The molecule has 2 N–H and O–H groups in total. The van der Waals surface area contributed by atoms with Crippen molar-refractivity contribution in [2.24, 2.45) is 0 Å². The number of sulfonamides is 1. The first-order valence-electron chi connectivity index (χ1n) is 9.66. The van der Waals surface area contributed by atoms with Crippen molar-refractivity contribution in [2.45, 2.75) is 52.6 Å². The Morgan fingerprint density at radius 1 is 1.24 bits per heavy atom. The smallest absolute Gasteiger partial charge is 0.404 e. The summed E-state index contributed by atoms with van der Waals surface area (Å²) in [7, 11) is -1.76. The van der Waals surface area contributed by atoms with Crippen LogP contribution in [0.4, 0.5) is 10.5 Å². The Morgan fingerprint density at radius 2 is 1.86 bits per heavy atom. The maximum atomic E-state index is 11.7. The number of amides is 1. The number of rotatable bonds is 9. The first-order chi connectivity index (χ1) is 13.6. The first-order valence-corrected chi connectivity index (χ1v) is 11.5. The third-order valence-electron chi connectivity index (χ3n) is 4.91. The van der Waals surface area contributed by atoms with E-state index in [2.05, 4.69) is 19.2 Å². The molecule has 1 aromatic heterocycles. The highest BCUT2D eigenvalue weighted by molar-refractivity contribution is 7.92. The molecule has 0 aliphatic rings. The van der Waals surface area contributed by atoms with Crippen LogP contribution in [0.15, 0.2) is 24.3 Å². The standard InChI is InChI=1S/C20H30N4O4S/c1-6-18-17(19(7-2)24(22-18)13-14(3)21-20(25)26)12-15-8-10-16(11-9-15)23(4)29(5,27)28/h8-11,14,21H,6-7,12-13H2,1-5H3,(H,25,26)/t14-/m0/s1. The Hall–Kier alpha value is -2.55. The van der Waals surface area contributed by atoms with E-state index in [0.29, 0.717) is 18.7 Å². The lowest BCUT2D eigenvalue weighted by Gasteiger charge is -2.17. The van der Waals surface area contributed by atoms with Crippen LogP contribution in [-0.2, 0) is 35.8 Å². The molecule has 0 fully saturated rings. The van der Waals surface area contributed by atoms with Gasteiger partial charge in [0.1, 0.15) is 0 Å². The molecule has 0 aliphatic carbocycles. The Balaban J connectivity index is 2.29. The summed E-state index contributed by atoms with van der Waals surface area (Å²) in [6.07, 6.45) is 2.40. The van der Waals surface area contributed by atoms with Gasteiger partial charge in [-0.15, -0.1) is 0 Å². The average molecular weight is 423 g/mol. The Morgan fingerprint density at radius 3 is 2.34 bits per heavy atom. The molecule has 2 rings (SSSR count). The lowest BCUT2D eigenvalue weighted by molar-refractivity contribution is 0.189. The third kappa shape index (κ3) is 5.72. The Bertz CT molecular complexity index is 952. The molecule has 29 heavy (non-hydrogen) atoms. The molecule has 1 amide bonds. The maximum Gasteiger partial charge on any atom is 0.404 e. The minimum Gasteiger partial charge on any atom is -0.465 e. The zero-order valence-electron chi connectivity index (χ0n) is 17.6. The molecule has 0 bridgehead atoms. The third-order valence-corrected chi connectivity index (χ3v) is 6.12. The van der Waals surface area contributed by atoms with E-state index in [0.717, 1.165) is 35.4 Å². The van der Waals surface area contributed by atoms with E-state index in [9.17, 15) is 13.2 Å². The largest absolute Gasteiger partial charge is 0.465 e. The Labute approximate surface area is 172 Å². The predicted octanol–water partition coefficient (Wildman–Crippen LogP) is 2.65. The van der Waals surface area contributed by atoms with Crippen molar-refractivity contribution in [2.75, 3.05) is 17.6 Å². The molecule has 0 spiro atoms. The van der Waals surface area contributed by atoms with Gasteiger partial charge in [-0.3, -0.25) is 8.99 Å². The summed E-state index contributed by atoms with van der Waals surface area (Å²) in [5.74, 6) is 0. The quantitative estimate of drug-likeness (QED) is 0.646. The van der Waals surface area contributed by atoms with E-state index in [1.165, 1.54) is 17.6 Å². The van der Waals surface area contributed by atoms with Gasteiger partial charge in [-0.2, -0.15) is 5.10 Å². The fourth-order valence-corrected chi connectivity index (χ4v) is 3.86. The van der Waals surface area contributed by atoms with Crippen molar-refractivity contribution >= 4 is 21.8 Å². The van der Waals surface area contributed by atoms with Gasteiger partial charge in [-0.1, -0.05) is 26.0 Å². The number of aromatic nitrogens is 2. The lowest BCUT2D eigenvalue weighted by atomic mass is 10.00. The number of hydrogen-bond acceptors (Lipinski definition) is 4. The molecule has 1 atom stereocenters. The van der Waals surface area contributed by atoms with Crippen LogP contribution in [0.25, 0.3) is 0 Å². The van der Waals surface area contributed by atoms with Crippen molar-refractivity contribution in [3.05, 3.63) is 46.8 Å². The van der Waals surface area contributed by atoms with Crippen LogP contribution in [0.1, 0.15) is 43.3 Å². The van der Waals surface area contributed by atoms with Crippen LogP contribution in [0.5, 0.6) is 0 Å². The van der Waals surface area contributed by atoms with Gasteiger partial charge in [0.15, 0.2) is 0 Å². The van der Waals surface area contributed by atoms with E-state index >= 15 is 0 Å². The summed E-state index contributed by atoms with van der Waals surface area (Å²) in [5, 5.41) is 16.1. The summed E-state index contributed by atoms with van der Waals surface area (Å²) < 4.78 is 26.6. The van der Waals surface area contributed by atoms with Crippen LogP contribution >= 0.6 is 0 Å². The molecule has 2 aromatic rings. The molecule has 0 unspecified atom stereocenters. The summed E-state index contributed by atoms with van der Waals surface area (Å²) in [6, 6.07) is 7.22. The summed E-state index contributed by atoms with van der Waals surface area (Å²) in [4.78, 5) is 10.9. The average Bonchev–Trinajstić information content (AvgIpc) is 2.96. The molecule has 8 nitrogen and oxygen atoms in total. The van der Waals surface area contributed by atoms with Gasteiger partial charge < -0.3 is 10.4 Å². The molecular formula is C20H30N4O4S. The second kappa shape index (κ2) is 9.30. The first kappa shape index (κ1) is 22.7. The number of aryl methyl sites for hydroxylation is 1. The van der Waals surface area contributed by atoms with Crippen molar-refractivity contribution in [1.82, 2.24) is 15.1 Å². The number of nitrogens with zero attached hydrogens (tertiary/aromatic N) is 3. The van der Waals surface area contributed by atoms with Gasteiger partial charge in [0.05, 0.1) is 24.2 Å². The van der Waals surface area contributed by atoms with Crippen molar-refractivity contribution in [3.8, 4) is 0 Å². The van der Waals surface area contributed by atoms with Gasteiger partial charge in [0.2, 0.25) is 10.0 Å². The van der Waals surface area contributed by atoms with Crippen LogP contribution in [-0.4, -0.2) is 48.7 Å². The van der Waals surface area contributed by atoms with Crippen molar-refractivity contribution in [3.63, 3.8) is 0 Å². The topological polar surface area (TPSA) is 105 Å². The second-order valence-electron chi connectivity index (χ2n) is 7.19. The van der Waals surface area contributed by atoms with Gasteiger partial charge in [-0.25, -0.2) is 13.2 Å². The van der Waals surface area contributed by atoms with E-state index in [4.69, 9.17) is 10.2 Å². The van der Waals surface area contributed by atoms with Gasteiger partial charge in [-0.05, 0) is 37.5 Å². The fraction of sp³-hybridized carbons (Fsp3) is 0.500. The number of hydrogen-bond donors (Lipinski definition) is 2. The second-order valence-corrected chi connectivity index (χ2v) is 9.20. The molecule has 0 aliphatic heterocycles. The Kier molecular flexibility index (Phi) is 7.29. The highest BCUT2D eigenvalue weighted by atomic mass is 32.2. The fourth-order valence-electron chi connectivity index (χ4n) is 3.36. The molecule has 0 saturated heterocycles. The molecule has 9 heteroatoms. The normalized spacial score (nSPS) is 12.6. The maximum absolute atomic E-state index is 11.7. The van der Waals surface area contributed by atoms with Gasteiger partial charge in [0.25, 0.3) is 0 Å². The van der Waals surface area contributed by atoms with Crippen LogP contribution in [0, 0.1) is 0 Å². The lowest BCUT2D eigenvalue weighted by Crippen LogP contribution is -2.35. The molecule has 1 aromatic carbocycles.